The monoisotopic (exact) mass is 273 g/mol. The third kappa shape index (κ3) is 3.56. The van der Waals surface area contributed by atoms with Crippen molar-refractivity contribution in [3.8, 4) is 0 Å². The van der Waals surface area contributed by atoms with E-state index in [1.807, 2.05) is 0 Å². The minimum atomic E-state index is -5.65. The summed E-state index contributed by atoms with van der Waals surface area (Å²) < 4.78 is 64.9. The number of nitrogens with two attached hydrogens (primary N) is 1. The molecule has 2 heterocycles. The maximum Gasteiger partial charge on any atom is 0.459 e. The zero-order valence-corrected chi connectivity index (χ0v) is 9.23. The van der Waals surface area contributed by atoms with Crippen molar-refractivity contribution in [2.24, 2.45) is 0 Å². The molecule has 1 aromatic rings. The van der Waals surface area contributed by atoms with Crippen LogP contribution in [-0.4, -0.2) is 29.6 Å². The Labute approximate surface area is 99.3 Å². The van der Waals surface area contributed by atoms with Crippen molar-refractivity contribution in [1.29, 1.82) is 0 Å². The summed E-state index contributed by atoms with van der Waals surface area (Å²) >= 11 is 0. The van der Waals surface area contributed by atoms with Crippen LogP contribution < -0.4 is 5.73 Å². The zero-order valence-electron chi connectivity index (χ0n) is 9.23. The highest BCUT2D eigenvalue weighted by atomic mass is 19.4. The minimum Gasteiger partial charge on any atom is -0.382 e. The molecule has 0 amide bonds. The second kappa shape index (κ2) is 5.51. The standard InChI is InChI=1S/C5H4F5N3.C4H8O/c6-4(7,5(8,9)10)2-1-3(11)13-12-2;1-2-4-5-3-1/h1H,(H3,11,12,13);1-4H2. The fourth-order valence-corrected chi connectivity index (χ4v) is 1.16. The first-order valence-corrected chi connectivity index (χ1v) is 5.09. The third-order valence-electron chi connectivity index (χ3n) is 2.12. The van der Waals surface area contributed by atoms with E-state index in [0.29, 0.717) is 6.07 Å². The quantitative estimate of drug-likeness (QED) is 0.772. The average Bonchev–Trinajstić information content (AvgIpc) is 2.87. The smallest absolute Gasteiger partial charge is 0.382 e. The Kier molecular flexibility index (Phi) is 4.49. The fraction of sp³-hybridized carbons (Fsp3) is 0.667. The lowest BCUT2D eigenvalue weighted by molar-refractivity contribution is -0.290. The minimum absolute atomic E-state index is 0.418. The maximum atomic E-state index is 12.4. The fourth-order valence-electron chi connectivity index (χ4n) is 1.16. The number of nitrogens with zero attached hydrogens (tertiary/aromatic N) is 1. The lowest BCUT2D eigenvalue weighted by Gasteiger charge is -2.17. The van der Waals surface area contributed by atoms with E-state index in [1.165, 1.54) is 17.9 Å². The van der Waals surface area contributed by atoms with Gasteiger partial charge in [-0.3, -0.25) is 5.10 Å². The molecule has 1 aromatic heterocycles. The number of hydrogen-bond donors (Lipinski definition) is 2. The van der Waals surface area contributed by atoms with Crippen LogP contribution in [0.1, 0.15) is 18.5 Å². The highest BCUT2D eigenvalue weighted by Gasteiger charge is 2.60. The van der Waals surface area contributed by atoms with Gasteiger partial charge in [0.2, 0.25) is 0 Å². The van der Waals surface area contributed by atoms with Crippen molar-refractivity contribution in [3.05, 3.63) is 11.8 Å². The molecule has 1 saturated heterocycles. The molecule has 4 nitrogen and oxygen atoms in total. The van der Waals surface area contributed by atoms with Gasteiger partial charge in [0.1, 0.15) is 11.5 Å². The lowest BCUT2D eigenvalue weighted by atomic mass is 10.2. The molecule has 18 heavy (non-hydrogen) atoms. The van der Waals surface area contributed by atoms with Gasteiger partial charge in [-0.15, -0.1) is 0 Å². The molecule has 0 aliphatic carbocycles. The van der Waals surface area contributed by atoms with Gasteiger partial charge in [-0.1, -0.05) is 0 Å². The topological polar surface area (TPSA) is 63.9 Å². The molecule has 1 aliphatic heterocycles. The van der Waals surface area contributed by atoms with E-state index in [9.17, 15) is 22.0 Å². The van der Waals surface area contributed by atoms with E-state index in [-0.39, 0.29) is 0 Å². The molecule has 0 saturated carbocycles. The Hall–Kier alpha value is -1.38. The molecule has 1 aliphatic rings. The van der Waals surface area contributed by atoms with Gasteiger partial charge in [-0.05, 0) is 12.8 Å². The summed E-state index contributed by atoms with van der Waals surface area (Å²) in [4.78, 5) is 0. The molecule has 0 bridgehead atoms. The number of nitrogen functional groups attached to an aromatic ring is 1. The van der Waals surface area contributed by atoms with Gasteiger partial charge in [-0.2, -0.15) is 27.1 Å². The molecule has 0 unspecified atom stereocenters. The number of aromatic amines is 1. The summed E-state index contributed by atoms with van der Waals surface area (Å²) in [5.74, 6) is -5.36. The van der Waals surface area contributed by atoms with E-state index in [0.717, 1.165) is 13.2 Å². The number of halogens is 5. The van der Waals surface area contributed by atoms with Crippen molar-refractivity contribution in [3.63, 3.8) is 0 Å². The number of hydrogen-bond acceptors (Lipinski definition) is 3. The van der Waals surface area contributed by atoms with Gasteiger partial charge in [0.05, 0.1) is 0 Å². The van der Waals surface area contributed by atoms with Gasteiger partial charge in [0.15, 0.2) is 0 Å². The van der Waals surface area contributed by atoms with Crippen LogP contribution in [0.2, 0.25) is 0 Å². The summed E-state index contributed by atoms with van der Waals surface area (Å²) in [6, 6.07) is 0.438. The summed E-state index contributed by atoms with van der Waals surface area (Å²) in [5, 5.41) is 4.48. The zero-order chi connectivity index (χ0) is 13.8. The van der Waals surface area contributed by atoms with Gasteiger partial charge >= 0.3 is 12.1 Å². The first kappa shape index (κ1) is 14.7. The van der Waals surface area contributed by atoms with Crippen molar-refractivity contribution in [2.45, 2.75) is 24.9 Å². The molecule has 104 valence electrons. The highest BCUT2D eigenvalue weighted by molar-refractivity contribution is 5.30. The largest absolute Gasteiger partial charge is 0.459 e. The second-order valence-corrected chi connectivity index (χ2v) is 3.60. The van der Waals surface area contributed by atoms with Crippen LogP contribution in [0.15, 0.2) is 6.07 Å². The number of anilines is 1. The van der Waals surface area contributed by atoms with Crippen molar-refractivity contribution < 1.29 is 26.7 Å². The summed E-state index contributed by atoms with van der Waals surface area (Å²) in [6.45, 7) is 2.00. The first-order chi connectivity index (χ1) is 8.25. The van der Waals surface area contributed by atoms with Crippen LogP contribution in [0.3, 0.4) is 0 Å². The molecule has 3 N–H and O–H groups in total. The van der Waals surface area contributed by atoms with Gasteiger partial charge < -0.3 is 10.5 Å². The Balaban J connectivity index is 0.000000269. The molecule has 2 rings (SSSR count). The van der Waals surface area contributed by atoms with Crippen molar-refractivity contribution in [1.82, 2.24) is 10.2 Å². The number of rotatable bonds is 1. The SMILES string of the molecule is C1CCOC1.Nc1cc(C(F)(F)C(F)(F)F)[nH]n1. The first-order valence-electron chi connectivity index (χ1n) is 5.09. The number of alkyl halides is 5. The van der Waals surface area contributed by atoms with Crippen LogP contribution in [0.25, 0.3) is 0 Å². The predicted molar refractivity (Wildman–Crippen MR) is 53.0 cm³/mol. The Bertz CT molecular complexity index is 365. The van der Waals surface area contributed by atoms with E-state index in [1.54, 1.807) is 0 Å². The van der Waals surface area contributed by atoms with Crippen LogP contribution in [0.5, 0.6) is 0 Å². The number of nitrogens with one attached hydrogen (secondary N) is 1. The van der Waals surface area contributed by atoms with E-state index >= 15 is 0 Å². The van der Waals surface area contributed by atoms with E-state index < -0.39 is 23.6 Å². The van der Waals surface area contributed by atoms with Crippen LogP contribution >= 0.6 is 0 Å². The van der Waals surface area contributed by atoms with Gasteiger partial charge in [-0.25, -0.2) is 0 Å². The van der Waals surface area contributed by atoms with Gasteiger partial charge in [0.25, 0.3) is 0 Å². The predicted octanol–water partition coefficient (Wildman–Crippen LogP) is 2.44. The maximum absolute atomic E-state index is 12.4. The van der Waals surface area contributed by atoms with Crippen LogP contribution in [-0.2, 0) is 10.7 Å². The molecule has 0 aromatic carbocycles. The number of ether oxygens (including phenoxy) is 1. The summed E-state index contributed by atoms with van der Waals surface area (Å²) in [5.41, 5.74) is 3.51. The van der Waals surface area contributed by atoms with Crippen molar-refractivity contribution in [2.75, 3.05) is 18.9 Å². The normalized spacial score (nSPS) is 16.3. The Morgan fingerprint density at radius 1 is 1.17 bits per heavy atom. The summed E-state index contributed by atoms with van der Waals surface area (Å²) in [7, 11) is 0. The number of H-pyrrole nitrogens is 1. The average molecular weight is 273 g/mol. The Morgan fingerprint density at radius 2 is 1.72 bits per heavy atom. The van der Waals surface area contributed by atoms with Crippen LogP contribution in [0, 0.1) is 0 Å². The molecular weight excluding hydrogens is 261 g/mol. The lowest BCUT2D eigenvalue weighted by Crippen LogP contribution is -2.34. The van der Waals surface area contributed by atoms with E-state index in [2.05, 4.69) is 5.10 Å². The molecular formula is C9H12F5N3O. The van der Waals surface area contributed by atoms with Gasteiger partial charge in [0, 0.05) is 19.3 Å². The number of aromatic nitrogens is 2. The molecule has 0 spiro atoms. The highest BCUT2D eigenvalue weighted by Crippen LogP contribution is 2.43. The van der Waals surface area contributed by atoms with Crippen molar-refractivity contribution >= 4 is 5.82 Å². The molecule has 0 atom stereocenters. The second-order valence-electron chi connectivity index (χ2n) is 3.60. The molecule has 0 radical (unpaired) electrons. The summed E-state index contributed by atoms with van der Waals surface area (Å²) in [6.07, 6.45) is -3.09. The third-order valence-corrected chi connectivity index (χ3v) is 2.12. The Morgan fingerprint density at radius 3 is 2.00 bits per heavy atom. The molecule has 9 heteroatoms. The van der Waals surface area contributed by atoms with E-state index in [4.69, 9.17) is 10.5 Å². The molecule has 1 fully saturated rings. The van der Waals surface area contributed by atoms with Crippen LogP contribution in [0.4, 0.5) is 27.8 Å².